The Morgan fingerprint density at radius 1 is 1.42 bits per heavy atom. The molecule has 0 saturated carbocycles. The van der Waals surface area contributed by atoms with E-state index in [1.807, 2.05) is 5.32 Å². The van der Waals surface area contributed by atoms with Crippen molar-refractivity contribution in [3.8, 4) is 0 Å². The van der Waals surface area contributed by atoms with Gasteiger partial charge in [0.2, 0.25) is 17.5 Å². The Kier molecular flexibility index (Phi) is 6.78. The van der Waals surface area contributed by atoms with Crippen LogP contribution in [0.1, 0.15) is 19.8 Å². The van der Waals surface area contributed by atoms with E-state index < -0.39 is 58.3 Å². The van der Waals surface area contributed by atoms with Gasteiger partial charge in [-0.1, -0.05) is 0 Å². The molecule has 14 heteroatoms. The number of nitrogens with two attached hydrogens (primary N) is 1. The largest absolute Gasteiger partial charge is 0.480 e. The number of hydrogen-bond acceptors (Lipinski definition) is 9. The monoisotopic (exact) mass is 396 g/mol. The summed E-state index contributed by atoms with van der Waals surface area (Å²) in [6.45, 7) is 0.718. The maximum Gasteiger partial charge on any atom is 0.362 e. The highest BCUT2D eigenvalue weighted by Gasteiger charge is 2.58. The zero-order valence-corrected chi connectivity index (χ0v) is 14.8. The maximum atomic E-state index is 12.0. The highest BCUT2D eigenvalue weighted by Crippen LogP contribution is 2.26. The van der Waals surface area contributed by atoms with Gasteiger partial charge in [0.15, 0.2) is 0 Å². The molecule has 1 heterocycles. The fraction of sp³-hybridized carbons (Fsp3) is 0.667. The van der Waals surface area contributed by atoms with Gasteiger partial charge in [-0.15, -0.1) is 0 Å². The van der Waals surface area contributed by atoms with E-state index in [1.165, 1.54) is 6.92 Å². The molecule has 3 amide bonds. The summed E-state index contributed by atoms with van der Waals surface area (Å²) in [6, 6.07) is -2.40. The van der Waals surface area contributed by atoms with Gasteiger partial charge in [-0.25, -0.2) is 4.31 Å². The van der Waals surface area contributed by atoms with Crippen LogP contribution in [0.3, 0.4) is 0 Å². The number of carboxylic acid groups (broad SMARTS) is 1. The fourth-order valence-corrected chi connectivity index (χ4v) is 2.79. The van der Waals surface area contributed by atoms with Gasteiger partial charge in [0, 0.05) is 13.5 Å². The highest BCUT2D eigenvalue weighted by atomic mass is 32.2. The Balaban J connectivity index is 2.60. The van der Waals surface area contributed by atoms with Crippen LogP contribution in [0.25, 0.3) is 0 Å². The molecule has 3 atom stereocenters. The van der Waals surface area contributed by atoms with Gasteiger partial charge in [-0.2, -0.15) is 8.42 Å². The molecule has 1 aliphatic rings. The average molecular weight is 396 g/mol. The molecule has 0 aliphatic carbocycles. The van der Waals surface area contributed by atoms with Crippen molar-refractivity contribution in [2.45, 2.75) is 37.6 Å². The summed E-state index contributed by atoms with van der Waals surface area (Å²) >= 11 is 0. The summed E-state index contributed by atoms with van der Waals surface area (Å²) in [7, 11) is -3.65. The molecule has 6 N–H and O–H groups in total. The predicted octanol–water partition coefficient (Wildman–Crippen LogP) is -3.21. The normalized spacial score (nSPS) is 22.3. The quantitative estimate of drug-likeness (QED) is 0.149. The van der Waals surface area contributed by atoms with E-state index >= 15 is 0 Å². The molecule has 1 aliphatic heterocycles. The van der Waals surface area contributed by atoms with E-state index in [0.29, 0.717) is 0 Å². The lowest BCUT2D eigenvalue weighted by Gasteiger charge is -2.46. The second-order valence-electron chi connectivity index (χ2n) is 5.58. The molecule has 26 heavy (non-hydrogen) atoms. The van der Waals surface area contributed by atoms with E-state index in [2.05, 4.69) is 5.32 Å². The third-order valence-electron chi connectivity index (χ3n) is 3.67. The second kappa shape index (κ2) is 8.05. The molecule has 1 saturated heterocycles. The van der Waals surface area contributed by atoms with E-state index in [1.54, 1.807) is 0 Å². The summed E-state index contributed by atoms with van der Waals surface area (Å²) in [5.41, 5.74) is 3.39. The van der Waals surface area contributed by atoms with E-state index in [0.717, 1.165) is 7.11 Å². The van der Waals surface area contributed by atoms with Crippen molar-refractivity contribution in [2.75, 3.05) is 13.7 Å². The first-order valence-corrected chi connectivity index (χ1v) is 8.68. The Morgan fingerprint density at radius 3 is 2.42 bits per heavy atom. The van der Waals surface area contributed by atoms with E-state index in [4.69, 9.17) is 20.1 Å². The zero-order chi connectivity index (χ0) is 20.3. The molecular formula is C12H20N4O9S. The molecule has 1 rings (SSSR count). The van der Waals surface area contributed by atoms with Gasteiger partial charge in [0.1, 0.15) is 6.04 Å². The molecule has 0 radical (unpaired) electrons. The number of carboxylic acids is 1. The molecule has 0 bridgehead atoms. The topological polar surface area (TPSA) is 205 Å². The van der Waals surface area contributed by atoms with Gasteiger partial charge in [-0.3, -0.25) is 34.4 Å². The van der Waals surface area contributed by atoms with Gasteiger partial charge in [-0.05, 0) is 13.3 Å². The number of nitrogens with zero attached hydrogens (tertiary/aromatic N) is 1. The molecular weight excluding hydrogens is 376 g/mol. The van der Waals surface area contributed by atoms with Crippen LogP contribution in [0.4, 0.5) is 0 Å². The van der Waals surface area contributed by atoms with E-state index in [-0.39, 0.29) is 17.1 Å². The van der Waals surface area contributed by atoms with Crippen molar-refractivity contribution >= 4 is 34.0 Å². The first-order chi connectivity index (χ1) is 11.8. The minimum atomic E-state index is -4.74. The van der Waals surface area contributed by atoms with Crippen LogP contribution in [0.5, 0.6) is 0 Å². The van der Waals surface area contributed by atoms with Gasteiger partial charge >= 0.3 is 16.3 Å². The number of nitrogens with one attached hydrogen (secondary N) is 2. The summed E-state index contributed by atoms with van der Waals surface area (Å²) in [4.78, 5) is 46.1. The molecule has 1 fully saturated rings. The van der Waals surface area contributed by atoms with Crippen molar-refractivity contribution in [3.63, 3.8) is 0 Å². The number of amides is 3. The van der Waals surface area contributed by atoms with Crippen LogP contribution < -0.4 is 16.4 Å². The minimum absolute atomic E-state index is 0.145. The number of carbonyl (C=O) groups excluding carboxylic acids is 3. The minimum Gasteiger partial charge on any atom is -0.480 e. The van der Waals surface area contributed by atoms with Crippen molar-refractivity contribution < 1.29 is 42.0 Å². The van der Waals surface area contributed by atoms with Crippen molar-refractivity contribution in [2.24, 2.45) is 5.73 Å². The smallest absolute Gasteiger partial charge is 0.362 e. The van der Waals surface area contributed by atoms with E-state index in [9.17, 15) is 27.6 Å². The van der Waals surface area contributed by atoms with Crippen molar-refractivity contribution in [1.82, 2.24) is 14.9 Å². The summed E-state index contributed by atoms with van der Waals surface area (Å²) in [5, 5.41) is 13.0. The van der Waals surface area contributed by atoms with Crippen molar-refractivity contribution in [3.05, 3.63) is 0 Å². The molecule has 0 unspecified atom stereocenters. The zero-order valence-electron chi connectivity index (χ0n) is 14.0. The van der Waals surface area contributed by atoms with Crippen LogP contribution in [-0.4, -0.2) is 77.5 Å². The maximum absolute atomic E-state index is 12.0. The van der Waals surface area contributed by atoms with Gasteiger partial charge in [0.25, 0.3) is 5.91 Å². The number of β-lactam (4-membered cyclic amide) rings is 1. The molecule has 0 spiro atoms. The Bertz CT molecular complexity index is 709. The van der Waals surface area contributed by atoms with Crippen LogP contribution in [0.15, 0.2) is 0 Å². The van der Waals surface area contributed by atoms with Gasteiger partial charge in [0.05, 0.1) is 12.6 Å². The number of rotatable bonds is 9. The summed E-state index contributed by atoms with van der Waals surface area (Å²) in [6.07, 6.45) is -0.489. The lowest BCUT2D eigenvalue weighted by Crippen LogP contribution is -2.77. The van der Waals surface area contributed by atoms with Gasteiger partial charge < -0.3 is 15.6 Å². The number of imide groups is 1. The second-order valence-corrected chi connectivity index (χ2v) is 6.92. The number of ether oxygens (including phenoxy) is 1. The number of methoxy groups -OCH3 is 1. The molecule has 0 aromatic rings. The third kappa shape index (κ3) is 4.95. The predicted molar refractivity (Wildman–Crippen MR) is 83.6 cm³/mol. The third-order valence-corrected chi connectivity index (χ3v) is 4.52. The highest BCUT2D eigenvalue weighted by molar-refractivity contribution is 7.84. The molecule has 13 nitrogen and oxygen atoms in total. The summed E-state index contributed by atoms with van der Waals surface area (Å²) < 4.78 is 35.9. The molecule has 0 aromatic carbocycles. The first-order valence-electron chi connectivity index (χ1n) is 7.28. The average Bonchev–Trinajstić information content (AvgIpc) is 2.53. The standard InChI is InChI=1S/C12H20N4O9S/c1-6(9(18)14-8(17)4-3-7(13)10(19)20)15-12(25-2)5-16(11(12)21)26(22,23)24/h6-7,15H,3-5,13H2,1-2H3,(H,19,20)(H,14,17,18)(H,22,23,24)/t6-,7-,12+/m0/s1. The number of carbonyl (C=O) groups is 4. The van der Waals surface area contributed by atoms with Crippen LogP contribution >= 0.6 is 0 Å². The lowest BCUT2D eigenvalue weighted by molar-refractivity contribution is -0.179. The van der Waals surface area contributed by atoms with Crippen LogP contribution in [-0.2, 0) is 34.2 Å². The fourth-order valence-electron chi connectivity index (χ4n) is 2.09. The lowest BCUT2D eigenvalue weighted by atomic mass is 10.0. The molecule has 148 valence electrons. The first kappa shape index (κ1) is 21.9. The van der Waals surface area contributed by atoms with Crippen LogP contribution in [0, 0.1) is 0 Å². The Labute approximate surface area is 148 Å². The molecule has 0 aromatic heterocycles. The van der Waals surface area contributed by atoms with Crippen molar-refractivity contribution in [1.29, 1.82) is 0 Å². The Hall–Kier alpha value is -2.13. The number of hydrogen-bond donors (Lipinski definition) is 5. The van der Waals surface area contributed by atoms with Crippen LogP contribution in [0.2, 0.25) is 0 Å². The summed E-state index contributed by atoms with van der Waals surface area (Å²) in [5.74, 6) is -4.03. The SMILES string of the molecule is CO[C@]1(N[C@@H](C)C(=O)NC(=O)CC[C@H](N)C(=O)O)CN(S(=O)(=O)O)C1=O. The Morgan fingerprint density at radius 2 is 2.00 bits per heavy atom. The number of aliphatic carboxylic acids is 1.